The summed E-state index contributed by atoms with van der Waals surface area (Å²) in [7, 11) is 0. The molecule has 3 rings (SSSR count). The fourth-order valence-electron chi connectivity index (χ4n) is 4.06. The molecule has 2 aromatic rings. The third-order valence-electron chi connectivity index (χ3n) is 6.76. The van der Waals surface area contributed by atoms with Gasteiger partial charge in [-0.25, -0.2) is 0 Å². The summed E-state index contributed by atoms with van der Waals surface area (Å²) in [6, 6.07) is 4.99. The first-order chi connectivity index (χ1) is 21.2. The Morgan fingerprint density at radius 1 is 0.500 bits per heavy atom. The van der Waals surface area contributed by atoms with Gasteiger partial charge in [0, 0.05) is 16.8 Å². The van der Waals surface area contributed by atoms with E-state index in [1.165, 1.54) is 6.07 Å². The minimum absolute atomic E-state index is 0.268. The molecule has 24 heteroatoms. The molecule has 0 aliphatic heterocycles. The van der Waals surface area contributed by atoms with Crippen molar-refractivity contribution in [2.75, 3.05) is 11.1 Å². The van der Waals surface area contributed by atoms with E-state index in [1.807, 2.05) is 0 Å². The zero-order valence-electron chi connectivity index (χ0n) is 21.9. The van der Waals surface area contributed by atoms with Crippen molar-refractivity contribution in [1.29, 1.82) is 0 Å². The second-order valence-corrected chi connectivity index (χ2v) is 9.70. The Morgan fingerprint density at radius 2 is 0.854 bits per heavy atom. The number of ketones is 2. The molecule has 1 aliphatic carbocycles. The Morgan fingerprint density at radius 3 is 1.25 bits per heavy atom. The quantitative estimate of drug-likeness (QED) is 0.175. The van der Waals surface area contributed by atoms with E-state index in [-0.39, 0.29) is 6.07 Å². The first-order valence-electron chi connectivity index (χ1n) is 11.7. The number of anilines is 2. The molecule has 5 nitrogen and oxygen atoms in total. The number of amides is 1. The Kier molecular flexibility index (Phi) is 8.44. The molecule has 0 heterocycles. The van der Waals surface area contributed by atoms with Gasteiger partial charge in [0.2, 0.25) is 0 Å². The maximum Gasteiger partial charge on any atom is 0.460 e. The molecule has 0 atom stereocenters. The molecule has 266 valence electrons. The topological polar surface area (TPSA) is 89.3 Å². The van der Waals surface area contributed by atoms with Crippen molar-refractivity contribution in [1.82, 2.24) is 0 Å². The zero-order valence-corrected chi connectivity index (χ0v) is 21.9. The van der Waals surface area contributed by atoms with Gasteiger partial charge in [-0.15, -0.1) is 0 Å². The van der Waals surface area contributed by atoms with Gasteiger partial charge >= 0.3 is 59.5 Å². The second kappa shape index (κ2) is 10.6. The number of hydrogen-bond acceptors (Lipinski definition) is 4. The van der Waals surface area contributed by atoms with E-state index in [0.717, 1.165) is 18.2 Å². The van der Waals surface area contributed by atoms with Crippen molar-refractivity contribution in [2.24, 2.45) is 0 Å². The van der Waals surface area contributed by atoms with Crippen LogP contribution in [0.5, 0.6) is 0 Å². The molecule has 48 heavy (non-hydrogen) atoms. The molecule has 0 saturated heterocycles. The van der Waals surface area contributed by atoms with Crippen LogP contribution in [0.25, 0.3) is 0 Å². The van der Waals surface area contributed by atoms with Gasteiger partial charge in [0.1, 0.15) is 0 Å². The zero-order chi connectivity index (χ0) is 37.6. The molecule has 0 fully saturated rings. The smallest absolute Gasteiger partial charge is 0.398 e. The van der Waals surface area contributed by atoms with E-state index in [2.05, 4.69) is 0 Å². The largest absolute Gasteiger partial charge is 0.460 e. The van der Waals surface area contributed by atoms with Gasteiger partial charge < -0.3 is 11.1 Å². The lowest BCUT2D eigenvalue weighted by molar-refractivity contribution is -0.467. The number of nitrogens with two attached hydrogens (primary N) is 1. The molecule has 0 radical (unpaired) electrons. The minimum Gasteiger partial charge on any atom is -0.398 e. The Labute approximate surface area is 250 Å². The third kappa shape index (κ3) is 4.67. The lowest BCUT2D eigenvalue weighted by atomic mass is 9.82. The van der Waals surface area contributed by atoms with Crippen molar-refractivity contribution < 1.29 is 97.8 Å². The van der Waals surface area contributed by atoms with Crippen LogP contribution in [0, 0.1) is 0 Å². The van der Waals surface area contributed by atoms with Crippen molar-refractivity contribution in [3.05, 3.63) is 58.7 Å². The predicted octanol–water partition coefficient (Wildman–Crippen LogP) is 7.63. The number of hydrogen-bond donors (Lipinski definition) is 2. The number of carbonyl (C=O) groups excluding carboxylic acids is 3. The number of carbonyl (C=O) groups is 3. The summed E-state index contributed by atoms with van der Waals surface area (Å²) in [4.78, 5) is 37.8. The van der Waals surface area contributed by atoms with Gasteiger partial charge in [-0.2, -0.15) is 83.4 Å². The average molecular weight is 734 g/mol. The van der Waals surface area contributed by atoms with Crippen LogP contribution in [-0.4, -0.2) is 71.0 Å². The molecule has 0 saturated carbocycles. The molecule has 2 aromatic carbocycles. The fraction of sp³-hybridized carbons (Fsp3) is 0.375. The number of nitrogen functional groups attached to an aromatic ring is 1. The standard InChI is InChI=1S/C24H9F19N2O3/c25-16(26,15(48)45-10-6-5-9(44)11-12(10)14(47)8-4-2-1-3-7(8)13(11)46)17(27,28)18(29,30)19(31,32)20(33,34)21(35,36)22(37,38)23(39,40)24(41,42)43/h1-6H,44H2,(H,45,48). The lowest BCUT2D eigenvalue weighted by Gasteiger charge is -2.43. The molecule has 3 N–H and O–H groups in total. The van der Waals surface area contributed by atoms with E-state index >= 15 is 0 Å². The highest BCUT2D eigenvalue weighted by Gasteiger charge is 2.97. The van der Waals surface area contributed by atoms with Crippen LogP contribution in [0.4, 0.5) is 94.8 Å². The van der Waals surface area contributed by atoms with Gasteiger partial charge in [-0.1, -0.05) is 24.3 Å². The maximum atomic E-state index is 14.5. The summed E-state index contributed by atoms with van der Waals surface area (Å²) >= 11 is 0. The lowest BCUT2D eigenvalue weighted by Crippen LogP contribution is -2.76. The van der Waals surface area contributed by atoms with Crippen molar-refractivity contribution >= 4 is 28.8 Å². The summed E-state index contributed by atoms with van der Waals surface area (Å²) < 4.78 is 258. The highest BCUT2D eigenvalue weighted by molar-refractivity contribution is 6.32. The second-order valence-electron chi connectivity index (χ2n) is 9.70. The van der Waals surface area contributed by atoms with Crippen LogP contribution in [0.3, 0.4) is 0 Å². The normalized spacial score (nSPS) is 15.6. The molecular weight excluding hydrogens is 725 g/mol. The summed E-state index contributed by atoms with van der Waals surface area (Å²) in [5.74, 6) is -76.1. The molecular formula is C24H9F19N2O3. The summed E-state index contributed by atoms with van der Waals surface area (Å²) in [5.41, 5.74) is 0.220. The number of benzene rings is 2. The molecule has 0 spiro atoms. The Hall–Kier alpha value is -4.28. The van der Waals surface area contributed by atoms with E-state index in [9.17, 15) is 97.8 Å². The summed E-state index contributed by atoms with van der Waals surface area (Å²) in [6.07, 6.45) is -8.02. The number of nitrogens with one attached hydrogen (secondary N) is 1. The third-order valence-corrected chi connectivity index (χ3v) is 6.76. The van der Waals surface area contributed by atoms with E-state index in [1.54, 1.807) is 0 Å². The van der Waals surface area contributed by atoms with Crippen LogP contribution in [-0.2, 0) is 4.79 Å². The number of rotatable bonds is 9. The first-order valence-corrected chi connectivity index (χ1v) is 11.7. The number of halogens is 19. The van der Waals surface area contributed by atoms with E-state index < -0.39 is 105 Å². The van der Waals surface area contributed by atoms with Gasteiger partial charge in [-0.3, -0.25) is 14.4 Å². The van der Waals surface area contributed by atoms with Crippen molar-refractivity contribution in [3.63, 3.8) is 0 Å². The highest BCUT2D eigenvalue weighted by Crippen LogP contribution is 2.65. The van der Waals surface area contributed by atoms with Gasteiger partial charge in [-0.05, 0) is 12.1 Å². The van der Waals surface area contributed by atoms with E-state index in [0.29, 0.717) is 11.4 Å². The van der Waals surface area contributed by atoms with Crippen LogP contribution >= 0.6 is 0 Å². The molecule has 0 bridgehead atoms. The SMILES string of the molecule is Nc1ccc(NC(=O)C(F)(F)C(F)(F)C(F)(F)C(F)(F)C(F)(F)C(F)(F)C(F)(F)C(F)(F)C(F)(F)F)c2c1C(=O)c1ccccc1C2=O. The summed E-state index contributed by atoms with van der Waals surface area (Å²) in [5, 5.41) is 0.623. The number of alkyl halides is 19. The fourth-order valence-corrected chi connectivity index (χ4v) is 4.06. The van der Waals surface area contributed by atoms with Crippen LogP contribution in [0.2, 0.25) is 0 Å². The van der Waals surface area contributed by atoms with Gasteiger partial charge in [0.25, 0.3) is 0 Å². The van der Waals surface area contributed by atoms with E-state index in [4.69, 9.17) is 5.73 Å². The molecule has 0 aromatic heterocycles. The van der Waals surface area contributed by atoms with Crippen LogP contribution in [0.15, 0.2) is 36.4 Å². The molecule has 1 aliphatic rings. The van der Waals surface area contributed by atoms with Crippen molar-refractivity contribution in [2.45, 2.75) is 53.6 Å². The predicted molar refractivity (Wildman–Crippen MR) is 118 cm³/mol. The first kappa shape index (κ1) is 38.2. The maximum absolute atomic E-state index is 14.5. The minimum atomic E-state index is -9.16. The number of fused-ring (bicyclic) bond motifs is 2. The average Bonchev–Trinajstić information content (AvgIpc) is 2.95. The van der Waals surface area contributed by atoms with Crippen molar-refractivity contribution in [3.8, 4) is 0 Å². The van der Waals surface area contributed by atoms with Gasteiger partial charge in [0.15, 0.2) is 11.6 Å². The van der Waals surface area contributed by atoms with Gasteiger partial charge in [0.05, 0.1) is 16.8 Å². The molecule has 1 amide bonds. The van der Waals surface area contributed by atoms with Crippen LogP contribution in [0.1, 0.15) is 31.8 Å². The monoisotopic (exact) mass is 734 g/mol. The Balaban J connectivity index is 2.10. The van der Waals surface area contributed by atoms with Crippen LogP contribution < -0.4 is 11.1 Å². The highest BCUT2D eigenvalue weighted by atomic mass is 19.4. The Bertz CT molecular complexity index is 1680. The summed E-state index contributed by atoms with van der Waals surface area (Å²) in [6.45, 7) is 0. The molecule has 0 unspecified atom stereocenters.